The maximum atomic E-state index is 12.1. The number of nitrogens with zero attached hydrogens (tertiary/aromatic N) is 4. The number of anilines is 2. The van der Waals surface area contributed by atoms with E-state index in [-0.39, 0.29) is 24.2 Å². The Labute approximate surface area is 216 Å². The van der Waals surface area contributed by atoms with Gasteiger partial charge in [0.15, 0.2) is 5.82 Å². The van der Waals surface area contributed by atoms with Gasteiger partial charge in [0.05, 0.1) is 29.4 Å². The molecule has 0 spiro atoms. The zero-order chi connectivity index (χ0) is 25.8. The molecule has 3 aromatic heterocycles. The van der Waals surface area contributed by atoms with Crippen molar-refractivity contribution in [2.75, 3.05) is 25.1 Å². The number of aromatic nitrogens is 5. The van der Waals surface area contributed by atoms with Crippen molar-refractivity contribution in [3.8, 4) is 5.88 Å². The molecule has 1 aliphatic carbocycles. The van der Waals surface area contributed by atoms with Gasteiger partial charge < -0.3 is 24.8 Å². The molecule has 2 aliphatic rings. The quantitative estimate of drug-likeness (QED) is 0.365. The molecule has 3 N–H and O–H groups in total. The van der Waals surface area contributed by atoms with Gasteiger partial charge in [0, 0.05) is 50.2 Å². The summed E-state index contributed by atoms with van der Waals surface area (Å²) in [6.07, 6.45) is 8.62. The number of carbonyl (C=O) groups excluding carboxylic acids is 1. The SMILES string of the molecule is CCC(C)NC(=O)O[C@@H]1CC[C@H](c2cc(Nc3cncc4c(OCCC5CCOC5)nn(C)c34)n[nH]2)C1. The van der Waals surface area contributed by atoms with E-state index < -0.39 is 0 Å². The van der Waals surface area contributed by atoms with Crippen molar-refractivity contribution < 1.29 is 19.0 Å². The molecule has 3 aromatic rings. The fourth-order valence-corrected chi connectivity index (χ4v) is 5.10. The Balaban J connectivity index is 1.20. The Bertz CT molecular complexity index is 1200. The highest BCUT2D eigenvalue weighted by atomic mass is 16.6. The summed E-state index contributed by atoms with van der Waals surface area (Å²) >= 11 is 0. The van der Waals surface area contributed by atoms with Gasteiger partial charge in [-0.3, -0.25) is 14.8 Å². The van der Waals surface area contributed by atoms with E-state index in [9.17, 15) is 4.79 Å². The number of amides is 1. The molecule has 0 radical (unpaired) electrons. The van der Waals surface area contributed by atoms with Gasteiger partial charge in [-0.1, -0.05) is 6.92 Å². The van der Waals surface area contributed by atoms with Crippen LogP contribution in [0.15, 0.2) is 18.5 Å². The van der Waals surface area contributed by atoms with Crippen molar-refractivity contribution >= 4 is 28.5 Å². The first kappa shape index (κ1) is 25.3. The number of H-pyrrole nitrogens is 1. The standard InChI is InChI=1S/C26H37N7O4/c1-4-16(2)28-26(34)37-19-6-5-18(11-19)21-12-23(31-30-21)29-22-14-27-13-20-24(22)33(3)32-25(20)36-10-8-17-7-9-35-15-17/h12-14,16-19H,4-11,15H2,1-3H3,(H,28,34)(H2,29,30,31)/t16?,17?,18-,19+/m0/s1. The predicted molar refractivity (Wildman–Crippen MR) is 139 cm³/mol. The van der Waals surface area contributed by atoms with Gasteiger partial charge in [0.25, 0.3) is 0 Å². The summed E-state index contributed by atoms with van der Waals surface area (Å²) in [6, 6.07) is 2.13. The number of carbonyl (C=O) groups is 1. The molecule has 1 saturated carbocycles. The number of hydrogen-bond donors (Lipinski definition) is 3. The first-order chi connectivity index (χ1) is 18.0. The summed E-state index contributed by atoms with van der Waals surface area (Å²) in [5, 5.41) is 19.3. The van der Waals surface area contributed by atoms with E-state index in [1.165, 1.54) is 0 Å². The van der Waals surface area contributed by atoms with Crippen LogP contribution in [0.5, 0.6) is 5.88 Å². The van der Waals surface area contributed by atoms with Gasteiger partial charge in [-0.05, 0) is 51.4 Å². The van der Waals surface area contributed by atoms with E-state index in [0.29, 0.717) is 24.2 Å². The Kier molecular flexibility index (Phi) is 7.78. The lowest BCUT2D eigenvalue weighted by Crippen LogP contribution is -2.34. The van der Waals surface area contributed by atoms with Crippen LogP contribution in [0, 0.1) is 5.92 Å². The smallest absolute Gasteiger partial charge is 0.407 e. The number of fused-ring (bicyclic) bond motifs is 1. The zero-order valence-corrected chi connectivity index (χ0v) is 21.8. The molecule has 1 amide bonds. The number of nitrogens with one attached hydrogen (secondary N) is 3. The Morgan fingerprint density at radius 2 is 2.22 bits per heavy atom. The lowest BCUT2D eigenvalue weighted by Gasteiger charge is -2.16. The summed E-state index contributed by atoms with van der Waals surface area (Å²) in [4.78, 5) is 16.5. The fraction of sp³-hybridized carbons (Fsp3) is 0.615. The molecule has 1 saturated heterocycles. The van der Waals surface area contributed by atoms with Crippen molar-refractivity contribution in [3.63, 3.8) is 0 Å². The number of aromatic amines is 1. The molecule has 0 aromatic carbocycles. The predicted octanol–water partition coefficient (Wildman–Crippen LogP) is 4.40. The monoisotopic (exact) mass is 511 g/mol. The Hall–Kier alpha value is -3.34. The maximum Gasteiger partial charge on any atom is 0.407 e. The Morgan fingerprint density at radius 3 is 3.03 bits per heavy atom. The van der Waals surface area contributed by atoms with Crippen molar-refractivity contribution in [1.82, 2.24) is 30.3 Å². The number of aryl methyl sites for hydroxylation is 1. The number of ether oxygens (including phenoxy) is 3. The third kappa shape index (κ3) is 5.98. The van der Waals surface area contributed by atoms with Crippen LogP contribution in [-0.2, 0) is 16.5 Å². The fourth-order valence-electron chi connectivity index (χ4n) is 5.10. The molecule has 1 aliphatic heterocycles. The minimum atomic E-state index is -0.334. The maximum absolute atomic E-state index is 12.1. The highest BCUT2D eigenvalue weighted by Crippen LogP contribution is 2.37. The topological polar surface area (TPSA) is 128 Å². The number of pyridine rings is 1. The van der Waals surface area contributed by atoms with Crippen LogP contribution >= 0.6 is 0 Å². The second-order valence-corrected chi connectivity index (χ2v) is 10.2. The molecule has 200 valence electrons. The number of hydrogen-bond acceptors (Lipinski definition) is 8. The molecule has 4 heterocycles. The molecule has 5 rings (SSSR count). The average Bonchev–Trinajstić information content (AvgIpc) is 3.68. The summed E-state index contributed by atoms with van der Waals surface area (Å²) in [5.41, 5.74) is 2.74. The van der Waals surface area contributed by atoms with Gasteiger partial charge in [-0.2, -0.15) is 5.10 Å². The van der Waals surface area contributed by atoms with Gasteiger partial charge in [0.2, 0.25) is 5.88 Å². The average molecular weight is 512 g/mol. The molecule has 4 atom stereocenters. The molecule has 2 fully saturated rings. The highest BCUT2D eigenvalue weighted by Gasteiger charge is 2.30. The first-order valence-corrected chi connectivity index (χ1v) is 13.3. The third-order valence-electron chi connectivity index (χ3n) is 7.44. The van der Waals surface area contributed by atoms with E-state index in [1.807, 2.05) is 31.6 Å². The van der Waals surface area contributed by atoms with Crippen LogP contribution in [0.4, 0.5) is 16.3 Å². The molecular weight excluding hydrogens is 474 g/mol. The minimum absolute atomic E-state index is 0.0826. The van der Waals surface area contributed by atoms with Crippen LogP contribution in [0.2, 0.25) is 0 Å². The van der Waals surface area contributed by atoms with Gasteiger partial charge in [0.1, 0.15) is 6.10 Å². The molecular formula is C26H37N7O4. The summed E-state index contributed by atoms with van der Waals surface area (Å²) in [5.74, 6) is 2.11. The van der Waals surface area contributed by atoms with E-state index >= 15 is 0 Å². The molecule has 11 heteroatoms. The van der Waals surface area contributed by atoms with Crippen LogP contribution in [0.25, 0.3) is 10.9 Å². The lowest BCUT2D eigenvalue weighted by molar-refractivity contribution is 0.0974. The zero-order valence-electron chi connectivity index (χ0n) is 21.8. The molecule has 37 heavy (non-hydrogen) atoms. The van der Waals surface area contributed by atoms with Gasteiger partial charge in [-0.15, -0.1) is 5.10 Å². The molecule has 2 unspecified atom stereocenters. The van der Waals surface area contributed by atoms with Crippen molar-refractivity contribution in [1.29, 1.82) is 0 Å². The molecule has 0 bridgehead atoms. The first-order valence-electron chi connectivity index (χ1n) is 13.3. The normalized spacial score (nSPS) is 22.3. The van der Waals surface area contributed by atoms with Gasteiger partial charge >= 0.3 is 6.09 Å². The molecule has 11 nitrogen and oxygen atoms in total. The number of rotatable bonds is 10. The van der Waals surface area contributed by atoms with E-state index in [2.05, 4.69) is 30.9 Å². The minimum Gasteiger partial charge on any atom is -0.476 e. The van der Waals surface area contributed by atoms with Crippen molar-refractivity contribution in [2.45, 2.75) is 70.4 Å². The second kappa shape index (κ2) is 11.4. The van der Waals surface area contributed by atoms with Crippen molar-refractivity contribution in [3.05, 3.63) is 24.2 Å². The third-order valence-corrected chi connectivity index (χ3v) is 7.44. The summed E-state index contributed by atoms with van der Waals surface area (Å²) < 4.78 is 18.9. The second-order valence-electron chi connectivity index (χ2n) is 10.2. The largest absolute Gasteiger partial charge is 0.476 e. The van der Waals surface area contributed by atoms with Gasteiger partial charge in [-0.25, -0.2) is 4.79 Å². The van der Waals surface area contributed by atoms with E-state index in [0.717, 1.165) is 74.0 Å². The van der Waals surface area contributed by atoms with E-state index in [4.69, 9.17) is 14.2 Å². The highest BCUT2D eigenvalue weighted by molar-refractivity contribution is 5.94. The van der Waals surface area contributed by atoms with Crippen LogP contribution in [0.1, 0.15) is 64.0 Å². The summed E-state index contributed by atoms with van der Waals surface area (Å²) in [6.45, 7) is 6.27. The lowest BCUT2D eigenvalue weighted by atomic mass is 10.0. The Morgan fingerprint density at radius 1 is 1.32 bits per heavy atom. The van der Waals surface area contributed by atoms with Crippen LogP contribution in [0.3, 0.4) is 0 Å². The van der Waals surface area contributed by atoms with E-state index in [1.54, 1.807) is 12.4 Å². The van der Waals surface area contributed by atoms with Crippen molar-refractivity contribution in [2.24, 2.45) is 13.0 Å². The summed E-state index contributed by atoms with van der Waals surface area (Å²) in [7, 11) is 1.90. The number of alkyl carbamates (subject to hydrolysis) is 1. The van der Waals surface area contributed by atoms with Crippen LogP contribution < -0.4 is 15.4 Å². The van der Waals surface area contributed by atoms with Crippen LogP contribution in [-0.4, -0.2) is 63.0 Å².